The van der Waals surface area contributed by atoms with Crippen LogP contribution in [0.1, 0.15) is 36.5 Å². The smallest absolute Gasteiger partial charge is 0.338 e. The Morgan fingerprint density at radius 3 is 2.61 bits per heavy atom. The van der Waals surface area contributed by atoms with Crippen LogP contribution in [0, 0.1) is 25.2 Å². The van der Waals surface area contributed by atoms with Crippen LogP contribution in [0.4, 0.5) is 0 Å². The van der Waals surface area contributed by atoms with Crippen LogP contribution in [0.3, 0.4) is 0 Å². The van der Waals surface area contributed by atoms with Crippen LogP contribution in [-0.2, 0) is 14.3 Å². The number of nitrogens with two attached hydrogens (primary N) is 1. The van der Waals surface area contributed by atoms with Crippen molar-refractivity contribution in [3.8, 4) is 6.07 Å². The van der Waals surface area contributed by atoms with E-state index in [-0.39, 0.29) is 35.0 Å². The monoisotopic (exact) mass is 379 g/mol. The summed E-state index contributed by atoms with van der Waals surface area (Å²) in [4.78, 5) is 28.3. The molecule has 28 heavy (non-hydrogen) atoms. The van der Waals surface area contributed by atoms with Crippen molar-refractivity contribution >= 4 is 16.9 Å². The number of aromatic amines is 1. The van der Waals surface area contributed by atoms with E-state index in [0.717, 1.165) is 16.5 Å². The molecule has 0 radical (unpaired) electrons. The Kier molecular flexibility index (Phi) is 4.97. The van der Waals surface area contributed by atoms with Crippen molar-refractivity contribution < 1.29 is 14.3 Å². The number of aryl methyl sites for hydroxylation is 2. The molecule has 1 aliphatic rings. The van der Waals surface area contributed by atoms with E-state index >= 15 is 0 Å². The van der Waals surface area contributed by atoms with Gasteiger partial charge in [0.1, 0.15) is 17.4 Å². The Labute approximate surface area is 162 Å². The average molecular weight is 379 g/mol. The normalized spacial score (nSPS) is 16.8. The SMILES string of the molecule is CCOC(=O)C1=C(C)OC(N)=C(C#N)C1c1cc2cc(C)c(C)cc2[nH]c1=O. The third-order valence-corrected chi connectivity index (χ3v) is 4.90. The molecule has 1 aromatic carbocycles. The Morgan fingerprint density at radius 1 is 1.29 bits per heavy atom. The van der Waals surface area contributed by atoms with Crippen LogP contribution in [0.15, 0.2) is 45.8 Å². The van der Waals surface area contributed by atoms with Crippen molar-refractivity contribution in [1.29, 1.82) is 5.26 Å². The summed E-state index contributed by atoms with van der Waals surface area (Å²) in [5.41, 5.74) is 8.61. The van der Waals surface area contributed by atoms with Crippen molar-refractivity contribution in [3.05, 3.63) is 68.0 Å². The highest BCUT2D eigenvalue weighted by Crippen LogP contribution is 2.38. The van der Waals surface area contributed by atoms with E-state index in [4.69, 9.17) is 15.2 Å². The van der Waals surface area contributed by atoms with Crippen molar-refractivity contribution in [2.45, 2.75) is 33.6 Å². The first-order valence-corrected chi connectivity index (χ1v) is 8.88. The van der Waals surface area contributed by atoms with Gasteiger partial charge in [0, 0.05) is 11.1 Å². The molecule has 0 fully saturated rings. The maximum Gasteiger partial charge on any atom is 0.338 e. The number of carbonyl (C=O) groups is 1. The molecule has 7 heteroatoms. The second-order valence-electron chi connectivity index (χ2n) is 6.69. The fraction of sp³-hybridized carbons (Fsp3) is 0.286. The summed E-state index contributed by atoms with van der Waals surface area (Å²) in [7, 11) is 0. The molecule has 0 saturated heterocycles. The molecule has 0 amide bonds. The van der Waals surface area contributed by atoms with Gasteiger partial charge in [-0.2, -0.15) is 5.26 Å². The van der Waals surface area contributed by atoms with Crippen LogP contribution in [0.25, 0.3) is 10.9 Å². The fourth-order valence-corrected chi connectivity index (χ4v) is 3.37. The Bertz CT molecular complexity index is 1150. The fourth-order valence-electron chi connectivity index (χ4n) is 3.37. The van der Waals surface area contributed by atoms with Gasteiger partial charge in [0.05, 0.1) is 18.1 Å². The predicted molar refractivity (Wildman–Crippen MR) is 104 cm³/mol. The molecular formula is C21H21N3O4. The minimum atomic E-state index is -0.965. The van der Waals surface area contributed by atoms with Gasteiger partial charge in [-0.25, -0.2) is 4.79 Å². The molecule has 1 unspecified atom stereocenters. The molecule has 7 nitrogen and oxygen atoms in total. The Morgan fingerprint density at radius 2 is 1.96 bits per heavy atom. The molecule has 144 valence electrons. The minimum absolute atomic E-state index is 0.00216. The number of nitrogens with one attached hydrogen (secondary N) is 1. The van der Waals surface area contributed by atoms with Gasteiger partial charge in [-0.15, -0.1) is 0 Å². The van der Waals surface area contributed by atoms with E-state index in [0.29, 0.717) is 5.52 Å². The number of nitriles is 1. The van der Waals surface area contributed by atoms with Gasteiger partial charge < -0.3 is 20.2 Å². The first-order valence-electron chi connectivity index (χ1n) is 8.88. The van der Waals surface area contributed by atoms with Crippen molar-refractivity contribution in [2.75, 3.05) is 6.61 Å². The first kappa shape index (κ1) is 19.2. The molecule has 2 heterocycles. The highest BCUT2D eigenvalue weighted by molar-refractivity contribution is 5.93. The van der Waals surface area contributed by atoms with Gasteiger partial charge in [-0.3, -0.25) is 4.79 Å². The van der Waals surface area contributed by atoms with Crippen molar-refractivity contribution in [1.82, 2.24) is 4.98 Å². The molecule has 0 spiro atoms. The Balaban J connectivity index is 2.30. The van der Waals surface area contributed by atoms with Crippen LogP contribution in [-0.4, -0.2) is 17.6 Å². The number of hydrogen-bond acceptors (Lipinski definition) is 6. The summed E-state index contributed by atoms with van der Waals surface area (Å²) in [6.45, 7) is 7.32. The number of hydrogen-bond donors (Lipinski definition) is 2. The number of H-pyrrole nitrogens is 1. The van der Waals surface area contributed by atoms with Crippen molar-refractivity contribution in [3.63, 3.8) is 0 Å². The maximum atomic E-state index is 12.9. The zero-order valence-electron chi connectivity index (χ0n) is 16.2. The van der Waals surface area contributed by atoms with Gasteiger partial charge in [0.2, 0.25) is 5.88 Å². The number of allylic oxidation sites excluding steroid dienone is 2. The van der Waals surface area contributed by atoms with Gasteiger partial charge in [0.15, 0.2) is 0 Å². The quantitative estimate of drug-likeness (QED) is 0.792. The number of carbonyl (C=O) groups excluding carboxylic acids is 1. The van der Waals surface area contributed by atoms with E-state index in [1.165, 1.54) is 0 Å². The van der Waals surface area contributed by atoms with Gasteiger partial charge >= 0.3 is 5.97 Å². The summed E-state index contributed by atoms with van der Waals surface area (Å²) in [5, 5.41) is 10.4. The lowest BCUT2D eigenvalue weighted by Crippen LogP contribution is -2.29. The van der Waals surface area contributed by atoms with Crippen LogP contribution < -0.4 is 11.3 Å². The molecular weight excluding hydrogens is 358 g/mol. The van der Waals surface area contributed by atoms with E-state index in [1.807, 2.05) is 32.0 Å². The maximum absolute atomic E-state index is 12.9. The summed E-state index contributed by atoms with van der Waals surface area (Å²) in [5.74, 6) is -1.53. The molecule has 0 aliphatic carbocycles. The molecule has 1 aliphatic heterocycles. The molecule has 3 rings (SSSR count). The number of pyridine rings is 1. The number of esters is 1. The minimum Gasteiger partial charge on any atom is -0.463 e. The van der Waals surface area contributed by atoms with E-state index in [2.05, 4.69) is 4.98 Å². The van der Waals surface area contributed by atoms with Crippen LogP contribution in [0.5, 0.6) is 0 Å². The molecule has 1 aromatic heterocycles. The molecule has 0 saturated carbocycles. The zero-order chi connectivity index (χ0) is 20.6. The van der Waals surface area contributed by atoms with E-state index < -0.39 is 17.4 Å². The number of fused-ring (bicyclic) bond motifs is 1. The summed E-state index contributed by atoms with van der Waals surface area (Å²) < 4.78 is 10.5. The topological polar surface area (TPSA) is 118 Å². The molecule has 3 N–H and O–H groups in total. The lowest BCUT2D eigenvalue weighted by atomic mass is 9.83. The zero-order valence-corrected chi connectivity index (χ0v) is 16.2. The van der Waals surface area contributed by atoms with Gasteiger partial charge in [0.25, 0.3) is 5.56 Å². The number of ether oxygens (including phenoxy) is 2. The van der Waals surface area contributed by atoms with E-state index in [1.54, 1.807) is 19.9 Å². The Hall–Kier alpha value is -3.53. The lowest BCUT2D eigenvalue weighted by Gasteiger charge is -2.26. The number of aromatic nitrogens is 1. The number of nitrogens with zero attached hydrogens (tertiary/aromatic N) is 1. The van der Waals surface area contributed by atoms with E-state index in [9.17, 15) is 14.9 Å². The first-order chi connectivity index (χ1) is 13.3. The van der Waals surface area contributed by atoms with Crippen molar-refractivity contribution in [2.24, 2.45) is 5.73 Å². The van der Waals surface area contributed by atoms with Crippen LogP contribution >= 0.6 is 0 Å². The highest BCUT2D eigenvalue weighted by Gasteiger charge is 2.37. The molecule has 1 atom stereocenters. The number of rotatable bonds is 3. The molecule has 0 bridgehead atoms. The second kappa shape index (κ2) is 7.24. The summed E-state index contributed by atoms with van der Waals surface area (Å²) in [6, 6.07) is 7.51. The van der Waals surface area contributed by atoms with Gasteiger partial charge in [-0.1, -0.05) is 0 Å². The average Bonchev–Trinajstić information content (AvgIpc) is 2.62. The predicted octanol–water partition coefficient (Wildman–Crippen LogP) is 2.79. The lowest BCUT2D eigenvalue weighted by molar-refractivity contribution is -0.139. The second-order valence-corrected chi connectivity index (χ2v) is 6.69. The largest absolute Gasteiger partial charge is 0.463 e. The third kappa shape index (κ3) is 3.14. The number of benzene rings is 1. The standard InChI is InChI=1S/C21H21N3O4/c1-5-27-21(26)17-12(4)28-19(23)15(9-22)18(17)14-8-13-6-10(2)11(3)7-16(13)24-20(14)25/h6-8,18H,5,23H2,1-4H3,(H,24,25). The molecule has 2 aromatic rings. The summed E-state index contributed by atoms with van der Waals surface area (Å²) >= 11 is 0. The summed E-state index contributed by atoms with van der Waals surface area (Å²) in [6.07, 6.45) is 0. The third-order valence-electron chi connectivity index (χ3n) is 4.90. The van der Waals surface area contributed by atoms with Gasteiger partial charge in [-0.05, 0) is 62.4 Å². The highest BCUT2D eigenvalue weighted by atomic mass is 16.5. The van der Waals surface area contributed by atoms with Crippen LogP contribution in [0.2, 0.25) is 0 Å².